The summed E-state index contributed by atoms with van der Waals surface area (Å²) in [6.07, 6.45) is 9.29. The minimum Gasteiger partial charge on any atom is -0.396 e. The SMILES string of the molecule is Cc1noc([C@@H](C)[C@H]2[C@@H](O)C[C@H]3[C@@H]4CC[C@@H]5C[C@@H](O)CC[C@]5(C)[C@H]4CC[C@]23C)c1C[C@H](C)CO. The van der Waals surface area contributed by atoms with Gasteiger partial charge >= 0.3 is 0 Å². The van der Waals surface area contributed by atoms with E-state index in [-0.39, 0.29) is 42.0 Å². The van der Waals surface area contributed by atoms with Crippen molar-refractivity contribution in [1.82, 2.24) is 5.16 Å². The van der Waals surface area contributed by atoms with Crippen LogP contribution in [0.2, 0.25) is 0 Å². The molecule has 0 unspecified atom stereocenters. The van der Waals surface area contributed by atoms with Gasteiger partial charge in [0.25, 0.3) is 0 Å². The number of aryl methyl sites for hydroxylation is 1. The fraction of sp³-hybridized carbons (Fsp3) is 0.897. The Morgan fingerprint density at radius 1 is 1.00 bits per heavy atom. The number of aromatic nitrogens is 1. The number of hydrogen-bond acceptors (Lipinski definition) is 5. The van der Waals surface area contributed by atoms with E-state index in [2.05, 4.69) is 32.9 Å². The zero-order valence-electron chi connectivity index (χ0n) is 22.0. The van der Waals surface area contributed by atoms with Crippen LogP contribution in [0.15, 0.2) is 4.52 Å². The zero-order valence-corrected chi connectivity index (χ0v) is 22.0. The maximum absolute atomic E-state index is 11.5. The molecule has 5 heteroatoms. The average Bonchev–Trinajstić information content (AvgIpc) is 3.29. The summed E-state index contributed by atoms with van der Waals surface area (Å²) in [7, 11) is 0. The van der Waals surface area contributed by atoms with Crippen molar-refractivity contribution in [3.63, 3.8) is 0 Å². The molecule has 0 saturated heterocycles. The summed E-state index contributed by atoms with van der Waals surface area (Å²) in [5.41, 5.74) is 2.52. The maximum Gasteiger partial charge on any atom is 0.143 e. The molecule has 5 rings (SSSR count). The molecule has 34 heavy (non-hydrogen) atoms. The summed E-state index contributed by atoms with van der Waals surface area (Å²) in [6.45, 7) is 11.4. The second-order valence-corrected chi connectivity index (χ2v) is 13.3. The van der Waals surface area contributed by atoms with Gasteiger partial charge in [-0.25, -0.2) is 0 Å². The van der Waals surface area contributed by atoms with E-state index in [9.17, 15) is 15.3 Å². The Balaban J connectivity index is 1.42. The van der Waals surface area contributed by atoms with Crippen LogP contribution in [-0.2, 0) is 6.42 Å². The lowest BCUT2D eigenvalue weighted by molar-refractivity contribution is -0.128. The summed E-state index contributed by atoms with van der Waals surface area (Å²) in [4.78, 5) is 0. The van der Waals surface area contributed by atoms with Crippen LogP contribution in [0.3, 0.4) is 0 Å². The highest BCUT2D eigenvalue weighted by atomic mass is 16.5. The van der Waals surface area contributed by atoms with Gasteiger partial charge in [-0.05, 0) is 105 Å². The molecule has 4 aliphatic carbocycles. The molecule has 0 amide bonds. The fourth-order valence-corrected chi connectivity index (χ4v) is 9.78. The Hall–Kier alpha value is -0.910. The van der Waals surface area contributed by atoms with Gasteiger partial charge in [-0.3, -0.25) is 0 Å². The lowest BCUT2D eigenvalue weighted by atomic mass is 9.44. The first-order chi connectivity index (χ1) is 16.1. The van der Waals surface area contributed by atoms with E-state index in [4.69, 9.17) is 4.52 Å². The molecule has 0 radical (unpaired) electrons. The van der Waals surface area contributed by atoms with E-state index < -0.39 is 0 Å². The highest BCUT2D eigenvalue weighted by Gasteiger charge is 2.63. The van der Waals surface area contributed by atoms with Crippen molar-refractivity contribution in [3.8, 4) is 0 Å². The fourth-order valence-electron chi connectivity index (χ4n) is 9.78. The van der Waals surface area contributed by atoms with Gasteiger partial charge in [-0.15, -0.1) is 0 Å². The van der Waals surface area contributed by atoms with Crippen LogP contribution in [0.1, 0.15) is 102 Å². The van der Waals surface area contributed by atoms with Crippen molar-refractivity contribution in [2.24, 2.45) is 46.3 Å². The van der Waals surface area contributed by atoms with Crippen LogP contribution < -0.4 is 0 Å². The standard InChI is InChI=1S/C29H47NO4/c1-16(15-31)12-22-18(3)30-34-27(22)17(2)26-25(33)14-24-21-7-6-19-13-20(32)8-10-28(19,4)23(21)9-11-29(24,26)5/h16-17,19-21,23-26,31-33H,6-15H2,1-5H3/t16-,17-,19+,20-,21+,23-,24-,25-,26-,28-,29-/m0/s1. The predicted octanol–water partition coefficient (Wildman–Crippen LogP) is 5.25. The first kappa shape index (κ1) is 24.8. The molecule has 4 aliphatic rings. The third kappa shape index (κ3) is 3.71. The summed E-state index contributed by atoms with van der Waals surface area (Å²) in [5.74, 6) is 4.02. The monoisotopic (exact) mass is 473 g/mol. The lowest BCUT2D eigenvalue weighted by Gasteiger charge is -2.61. The predicted molar refractivity (Wildman–Crippen MR) is 132 cm³/mol. The molecular weight excluding hydrogens is 426 g/mol. The molecule has 1 aromatic heterocycles. The van der Waals surface area contributed by atoms with Gasteiger partial charge in [0.1, 0.15) is 5.76 Å². The van der Waals surface area contributed by atoms with E-state index in [0.29, 0.717) is 23.2 Å². The van der Waals surface area contributed by atoms with E-state index in [1.807, 2.05) is 6.92 Å². The number of nitrogens with zero attached hydrogens (tertiary/aromatic N) is 1. The number of aliphatic hydroxyl groups excluding tert-OH is 3. The third-order valence-electron chi connectivity index (χ3n) is 11.6. The topological polar surface area (TPSA) is 86.7 Å². The van der Waals surface area contributed by atoms with Gasteiger partial charge in [0.05, 0.1) is 17.9 Å². The summed E-state index contributed by atoms with van der Waals surface area (Å²) < 4.78 is 5.93. The molecule has 1 heterocycles. The first-order valence-corrected chi connectivity index (χ1v) is 14.0. The Morgan fingerprint density at radius 3 is 2.47 bits per heavy atom. The van der Waals surface area contributed by atoms with E-state index >= 15 is 0 Å². The van der Waals surface area contributed by atoms with Gasteiger partial charge in [0.15, 0.2) is 0 Å². The van der Waals surface area contributed by atoms with Crippen LogP contribution in [0.5, 0.6) is 0 Å². The highest BCUT2D eigenvalue weighted by Crippen LogP contribution is 2.68. The van der Waals surface area contributed by atoms with Crippen molar-refractivity contribution in [3.05, 3.63) is 17.0 Å². The van der Waals surface area contributed by atoms with Crippen LogP contribution >= 0.6 is 0 Å². The molecule has 3 N–H and O–H groups in total. The number of aliphatic hydroxyl groups is 3. The van der Waals surface area contributed by atoms with Gasteiger partial charge in [-0.2, -0.15) is 0 Å². The molecular formula is C29H47NO4. The molecule has 11 atom stereocenters. The largest absolute Gasteiger partial charge is 0.396 e. The Bertz CT molecular complexity index is 883. The van der Waals surface area contributed by atoms with Gasteiger partial charge in [0.2, 0.25) is 0 Å². The van der Waals surface area contributed by atoms with E-state index in [1.54, 1.807) is 0 Å². The van der Waals surface area contributed by atoms with Crippen LogP contribution in [0, 0.1) is 53.3 Å². The van der Waals surface area contributed by atoms with Crippen LogP contribution in [-0.4, -0.2) is 39.3 Å². The number of fused-ring (bicyclic) bond motifs is 5. The summed E-state index contributed by atoms with van der Waals surface area (Å²) >= 11 is 0. The normalized spacial score (nSPS) is 45.8. The molecule has 4 fully saturated rings. The summed E-state index contributed by atoms with van der Waals surface area (Å²) in [5, 5.41) is 35.8. The second-order valence-electron chi connectivity index (χ2n) is 13.3. The van der Waals surface area contributed by atoms with Crippen molar-refractivity contribution in [1.29, 1.82) is 0 Å². The molecule has 4 saturated carbocycles. The van der Waals surface area contributed by atoms with Crippen molar-refractivity contribution >= 4 is 0 Å². The quantitative estimate of drug-likeness (QED) is 0.544. The molecule has 0 spiro atoms. The smallest absolute Gasteiger partial charge is 0.143 e. The minimum atomic E-state index is -0.309. The van der Waals surface area contributed by atoms with Crippen molar-refractivity contribution in [2.75, 3.05) is 6.61 Å². The van der Waals surface area contributed by atoms with Crippen LogP contribution in [0.4, 0.5) is 0 Å². The van der Waals surface area contributed by atoms with Gasteiger partial charge in [-0.1, -0.05) is 32.9 Å². The first-order valence-electron chi connectivity index (χ1n) is 14.0. The zero-order chi connectivity index (χ0) is 24.4. The van der Waals surface area contributed by atoms with E-state index in [1.165, 1.54) is 25.7 Å². The molecule has 1 aromatic rings. The maximum atomic E-state index is 11.5. The number of rotatable bonds is 5. The average molecular weight is 474 g/mol. The Kier molecular flexibility index (Phi) is 6.47. The Morgan fingerprint density at radius 2 is 1.74 bits per heavy atom. The molecule has 0 aromatic carbocycles. The molecule has 192 valence electrons. The highest BCUT2D eigenvalue weighted by molar-refractivity contribution is 5.27. The van der Waals surface area contributed by atoms with Gasteiger partial charge < -0.3 is 19.8 Å². The molecule has 0 bridgehead atoms. The number of hydrogen-bond donors (Lipinski definition) is 3. The van der Waals surface area contributed by atoms with Crippen LogP contribution in [0.25, 0.3) is 0 Å². The van der Waals surface area contributed by atoms with E-state index in [0.717, 1.165) is 55.0 Å². The second kappa shape index (κ2) is 8.88. The third-order valence-corrected chi connectivity index (χ3v) is 11.6. The van der Waals surface area contributed by atoms with Crippen molar-refractivity contribution < 1.29 is 19.8 Å². The van der Waals surface area contributed by atoms with Gasteiger partial charge in [0, 0.05) is 24.0 Å². The lowest BCUT2D eigenvalue weighted by Crippen LogP contribution is -2.54. The minimum absolute atomic E-state index is 0.102. The Labute approximate surface area is 205 Å². The van der Waals surface area contributed by atoms with Crippen molar-refractivity contribution in [2.45, 2.75) is 111 Å². The molecule has 5 nitrogen and oxygen atoms in total. The molecule has 0 aliphatic heterocycles. The summed E-state index contributed by atoms with van der Waals surface area (Å²) in [6, 6.07) is 0.